The van der Waals surface area contributed by atoms with E-state index in [0.717, 1.165) is 10.9 Å². The number of benzene rings is 2. The number of rotatable bonds is 2. The summed E-state index contributed by atoms with van der Waals surface area (Å²) >= 11 is 0. The predicted molar refractivity (Wildman–Crippen MR) is 76.6 cm³/mol. The summed E-state index contributed by atoms with van der Waals surface area (Å²) in [6.07, 6.45) is 1.87. The fourth-order valence-corrected chi connectivity index (χ4v) is 2.36. The summed E-state index contributed by atoms with van der Waals surface area (Å²) in [5.41, 5.74) is 8.12. The summed E-state index contributed by atoms with van der Waals surface area (Å²) in [5, 5.41) is 9.81. The number of nitriles is 1. The van der Waals surface area contributed by atoms with Crippen LogP contribution in [0.5, 0.6) is 0 Å². The van der Waals surface area contributed by atoms with Crippen molar-refractivity contribution in [2.75, 3.05) is 5.73 Å². The van der Waals surface area contributed by atoms with Crippen LogP contribution in [0.25, 0.3) is 10.9 Å². The highest BCUT2D eigenvalue weighted by atomic mass is 19.1. The molecule has 0 saturated carbocycles. The van der Waals surface area contributed by atoms with Gasteiger partial charge >= 0.3 is 0 Å². The highest BCUT2D eigenvalue weighted by molar-refractivity contribution is 5.91. The average molecular weight is 265 g/mol. The molecule has 4 heteroatoms. The van der Waals surface area contributed by atoms with Gasteiger partial charge in [-0.05, 0) is 24.3 Å². The lowest BCUT2D eigenvalue weighted by molar-refractivity contribution is 0.598. The molecule has 0 aliphatic carbocycles. The maximum Gasteiger partial charge on any atom is 0.145 e. The maximum atomic E-state index is 14.1. The molecule has 98 valence electrons. The van der Waals surface area contributed by atoms with Gasteiger partial charge in [0.05, 0.1) is 17.6 Å². The van der Waals surface area contributed by atoms with Crippen molar-refractivity contribution in [1.29, 1.82) is 5.26 Å². The van der Waals surface area contributed by atoms with E-state index in [9.17, 15) is 4.39 Å². The van der Waals surface area contributed by atoms with Crippen LogP contribution in [0.4, 0.5) is 10.1 Å². The minimum Gasteiger partial charge on any atom is -0.398 e. The van der Waals surface area contributed by atoms with Crippen LogP contribution in [0.2, 0.25) is 0 Å². The molecular weight excluding hydrogens is 253 g/mol. The Morgan fingerprint density at radius 3 is 2.75 bits per heavy atom. The molecule has 0 radical (unpaired) electrons. The fourth-order valence-electron chi connectivity index (χ4n) is 2.36. The van der Waals surface area contributed by atoms with Gasteiger partial charge in [0, 0.05) is 22.8 Å². The van der Waals surface area contributed by atoms with E-state index in [0.29, 0.717) is 17.8 Å². The van der Waals surface area contributed by atoms with Crippen molar-refractivity contribution in [3.05, 3.63) is 65.6 Å². The Morgan fingerprint density at radius 2 is 1.95 bits per heavy atom. The van der Waals surface area contributed by atoms with Crippen molar-refractivity contribution in [1.82, 2.24) is 4.57 Å². The molecule has 1 aromatic heterocycles. The van der Waals surface area contributed by atoms with Crippen LogP contribution >= 0.6 is 0 Å². The normalized spacial score (nSPS) is 10.6. The van der Waals surface area contributed by atoms with Gasteiger partial charge < -0.3 is 10.3 Å². The lowest BCUT2D eigenvalue weighted by atomic mass is 10.1. The van der Waals surface area contributed by atoms with Gasteiger partial charge in [0.25, 0.3) is 0 Å². The fraction of sp³-hybridized carbons (Fsp3) is 0.0625. The Hall–Kier alpha value is -2.80. The molecular formula is C16H12FN3. The minimum absolute atomic E-state index is 0.0680. The van der Waals surface area contributed by atoms with E-state index in [1.807, 2.05) is 41.1 Å². The van der Waals surface area contributed by atoms with E-state index in [2.05, 4.69) is 0 Å². The number of hydrogen-bond acceptors (Lipinski definition) is 2. The van der Waals surface area contributed by atoms with Crippen LogP contribution in [-0.4, -0.2) is 4.57 Å². The molecule has 0 amide bonds. The summed E-state index contributed by atoms with van der Waals surface area (Å²) < 4.78 is 16.0. The topological polar surface area (TPSA) is 54.7 Å². The molecule has 3 nitrogen and oxygen atoms in total. The molecule has 3 aromatic rings. The average Bonchev–Trinajstić information content (AvgIpc) is 2.86. The Morgan fingerprint density at radius 1 is 1.15 bits per heavy atom. The second-order valence-corrected chi connectivity index (χ2v) is 4.61. The van der Waals surface area contributed by atoms with Gasteiger partial charge in [-0.1, -0.05) is 18.2 Å². The zero-order chi connectivity index (χ0) is 14.1. The van der Waals surface area contributed by atoms with Crippen LogP contribution in [0, 0.1) is 17.1 Å². The summed E-state index contributed by atoms with van der Waals surface area (Å²) in [4.78, 5) is 0. The minimum atomic E-state index is -0.458. The molecule has 0 fully saturated rings. The van der Waals surface area contributed by atoms with Crippen LogP contribution in [0.1, 0.15) is 11.1 Å². The van der Waals surface area contributed by atoms with E-state index < -0.39 is 5.82 Å². The van der Waals surface area contributed by atoms with Gasteiger partial charge in [0.2, 0.25) is 0 Å². The number of aromatic nitrogens is 1. The molecule has 2 N–H and O–H groups in total. The molecule has 20 heavy (non-hydrogen) atoms. The zero-order valence-electron chi connectivity index (χ0n) is 10.7. The molecule has 0 unspecified atom stereocenters. The van der Waals surface area contributed by atoms with Crippen LogP contribution in [0.15, 0.2) is 48.7 Å². The third kappa shape index (κ3) is 1.90. The summed E-state index contributed by atoms with van der Waals surface area (Å²) in [5.74, 6) is -0.458. The van der Waals surface area contributed by atoms with Gasteiger partial charge in [-0.25, -0.2) is 4.39 Å². The number of fused-ring (bicyclic) bond motifs is 1. The van der Waals surface area contributed by atoms with E-state index >= 15 is 0 Å². The molecule has 2 aromatic carbocycles. The van der Waals surface area contributed by atoms with Crippen molar-refractivity contribution in [3.8, 4) is 6.07 Å². The SMILES string of the molecule is N#Cc1cccc(Cn2ccc3c(N)cccc32)c1F. The number of halogens is 1. The Kier molecular flexibility index (Phi) is 2.88. The quantitative estimate of drug-likeness (QED) is 0.723. The first-order chi connectivity index (χ1) is 9.70. The maximum absolute atomic E-state index is 14.1. The first-order valence-electron chi connectivity index (χ1n) is 6.21. The lowest BCUT2D eigenvalue weighted by Crippen LogP contribution is -2.02. The van der Waals surface area contributed by atoms with E-state index in [1.54, 1.807) is 12.1 Å². The number of nitrogens with zero attached hydrogens (tertiary/aromatic N) is 2. The van der Waals surface area contributed by atoms with Crippen molar-refractivity contribution in [2.45, 2.75) is 6.54 Å². The zero-order valence-corrected chi connectivity index (χ0v) is 10.7. The smallest absolute Gasteiger partial charge is 0.145 e. The second-order valence-electron chi connectivity index (χ2n) is 4.61. The van der Waals surface area contributed by atoms with Crippen molar-refractivity contribution in [3.63, 3.8) is 0 Å². The molecule has 0 aliphatic rings. The largest absolute Gasteiger partial charge is 0.398 e. The van der Waals surface area contributed by atoms with E-state index in [1.165, 1.54) is 6.07 Å². The van der Waals surface area contributed by atoms with E-state index in [-0.39, 0.29) is 5.56 Å². The summed E-state index contributed by atoms with van der Waals surface area (Å²) in [7, 11) is 0. The van der Waals surface area contributed by atoms with Gasteiger partial charge in [-0.3, -0.25) is 0 Å². The molecule has 0 saturated heterocycles. The number of anilines is 1. The van der Waals surface area contributed by atoms with Gasteiger partial charge in [0.1, 0.15) is 11.9 Å². The van der Waals surface area contributed by atoms with Crippen LogP contribution < -0.4 is 5.73 Å². The van der Waals surface area contributed by atoms with Crippen LogP contribution in [0.3, 0.4) is 0 Å². The third-order valence-electron chi connectivity index (χ3n) is 3.39. The predicted octanol–water partition coefficient (Wildman–Crippen LogP) is 3.28. The highest BCUT2D eigenvalue weighted by Crippen LogP contribution is 2.23. The molecule has 0 bridgehead atoms. The Labute approximate surface area is 115 Å². The van der Waals surface area contributed by atoms with E-state index in [4.69, 9.17) is 11.0 Å². The third-order valence-corrected chi connectivity index (χ3v) is 3.39. The van der Waals surface area contributed by atoms with Crippen molar-refractivity contribution in [2.24, 2.45) is 0 Å². The first kappa shape index (κ1) is 12.2. The molecule has 1 heterocycles. The van der Waals surface area contributed by atoms with Crippen molar-refractivity contribution >= 4 is 16.6 Å². The Balaban J connectivity index is 2.07. The van der Waals surface area contributed by atoms with Gasteiger partial charge in [-0.15, -0.1) is 0 Å². The Bertz CT molecular complexity index is 827. The first-order valence-corrected chi connectivity index (χ1v) is 6.21. The van der Waals surface area contributed by atoms with Crippen molar-refractivity contribution < 1.29 is 4.39 Å². The molecule has 0 atom stereocenters. The van der Waals surface area contributed by atoms with Gasteiger partial charge in [-0.2, -0.15) is 5.26 Å². The standard InChI is InChI=1S/C16H12FN3/c17-16-11(9-18)3-1-4-12(16)10-20-8-7-13-14(19)5-2-6-15(13)20/h1-8H,10,19H2. The van der Waals surface area contributed by atoms with Crippen LogP contribution in [-0.2, 0) is 6.54 Å². The highest BCUT2D eigenvalue weighted by Gasteiger charge is 2.10. The monoisotopic (exact) mass is 265 g/mol. The summed E-state index contributed by atoms with van der Waals surface area (Å²) in [6.45, 7) is 0.369. The number of nitrogens with two attached hydrogens (primary N) is 1. The summed E-state index contributed by atoms with van der Waals surface area (Å²) in [6, 6.07) is 14.3. The number of hydrogen-bond donors (Lipinski definition) is 1. The lowest BCUT2D eigenvalue weighted by Gasteiger charge is -2.08. The molecule has 3 rings (SSSR count). The van der Waals surface area contributed by atoms with Gasteiger partial charge in [0.15, 0.2) is 0 Å². The second kappa shape index (κ2) is 4.71. The molecule has 0 spiro atoms. The molecule has 0 aliphatic heterocycles. The number of nitrogen functional groups attached to an aromatic ring is 1.